The number of amides is 1. The van der Waals surface area contributed by atoms with Crippen molar-refractivity contribution in [3.8, 4) is 17.2 Å². The van der Waals surface area contributed by atoms with Crippen LogP contribution in [0.2, 0.25) is 0 Å². The smallest absolute Gasteiger partial charge is 0.257 e. The van der Waals surface area contributed by atoms with Crippen LogP contribution in [0.4, 0.5) is 5.82 Å². The lowest BCUT2D eigenvalue weighted by Gasteiger charge is -2.16. The van der Waals surface area contributed by atoms with Crippen LogP contribution < -0.4 is 19.5 Å². The molecule has 0 saturated heterocycles. The largest absolute Gasteiger partial charge is 0.493 e. The van der Waals surface area contributed by atoms with Gasteiger partial charge in [0.1, 0.15) is 12.4 Å². The minimum atomic E-state index is -0.312. The molecule has 0 fully saturated rings. The van der Waals surface area contributed by atoms with Crippen LogP contribution in [0.5, 0.6) is 17.2 Å². The number of aromatic nitrogens is 1. The Bertz CT molecular complexity index is 933. The number of hydrogen-bond acceptors (Lipinski definition) is 5. The number of nitrogens with zero attached hydrogens (tertiary/aromatic N) is 1. The summed E-state index contributed by atoms with van der Waals surface area (Å²) in [6.07, 6.45) is 1.63. The first kappa shape index (κ1) is 19.2. The Morgan fingerprint density at radius 2 is 1.68 bits per heavy atom. The van der Waals surface area contributed by atoms with Crippen molar-refractivity contribution in [2.75, 3.05) is 19.5 Å². The molecule has 3 aromatic rings. The van der Waals surface area contributed by atoms with Gasteiger partial charge in [-0.3, -0.25) is 4.79 Å². The highest BCUT2D eigenvalue weighted by Crippen LogP contribution is 2.39. The van der Waals surface area contributed by atoms with Crippen molar-refractivity contribution in [2.24, 2.45) is 0 Å². The fourth-order valence-corrected chi connectivity index (χ4v) is 2.68. The highest BCUT2D eigenvalue weighted by Gasteiger charge is 2.18. The van der Waals surface area contributed by atoms with Gasteiger partial charge in [0.15, 0.2) is 11.5 Å². The second kappa shape index (κ2) is 8.90. The first-order chi connectivity index (χ1) is 13.6. The molecule has 0 aliphatic heterocycles. The molecule has 28 heavy (non-hydrogen) atoms. The minimum Gasteiger partial charge on any atom is -0.493 e. The molecular formula is C22H22N2O4. The van der Waals surface area contributed by atoms with E-state index in [1.165, 1.54) is 14.2 Å². The summed E-state index contributed by atoms with van der Waals surface area (Å²) in [5, 5.41) is 2.80. The monoisotopic (exact) mass is 378 g/mol. The molecule has 1 N–H and O–H groups in total. The van der Waals surface area contributed by atoms with E-state index in [9.17, 15) is 4.79 Å². The van der Waals surface area contributed by atoms with Crippen molar-refractivity contribution >= 4 is 11.7 Å². The van der Waals surface area contributed by atoms with E-state index in [-0.39, 0.29) is 5.91 Å². The van der Waals surface area contributed by atoms with E-state index in [1.807, 2.05) is 49.4 Å². The lowest BCUT2D eigenvalue weighted by Crippen LogP contribution is -2.14. The van der Waals surface area contributed by atoms with Crippen molar-refractivity contribution in [3.05, 3.63) is 77.5 Å². The Hall–Kier alpha value is -3.54. The van der Waals surface area contributed by atoms with Gasteiger partial charge >= 0.3 is 0 Å². The van der Waals surface area contributed by atoms with Crippen LogP contribution in [-0.2, 0) is 6.61 Å². The summed E-state index contributed by atoms with van der Waals surface area (Å²) in [4.78, 5) is 16.9. The highest BCUT2D eigenvalue weighted by molar-refractivity contribution is 6.04. The van der Waals surface area contributed by atoms with Gasteiger partial charge in [-0.05, 0) is 36.2 Å². The van der Waals surface area contributed by atoms with Crippen LogP contribution in [0.3, 0.4) is 0 Å². The first-order valence-corrected chi connectivity index (χ1v) is 8.78. The summed E-state index contributed by atoms with van der Waals surface area (Å²) in [6.45, 7) is 2.23. The molecule has 0 spiro atoms. The van der Waals surface area contributed by atoms with Crippen molar-refractivity contribution in [1.82, 2.24) is 4.98 Å². The van der Waals surface area contributed by atoms with Gasteiger partial charge in [-0.15, -0.1) is 0 Å². The molecule has 1 heterocycles. The number of ether oxygens (including phenoxy) is 3. The number of methoxy groups -OCH3 is 2. The number of carbonyl (C=O) groups is 1. The molecule has 0 aliphatic rings. The summed E-state index contributed by atoms with van der Waals surface area (Å²) >= 11 is 0. The van der Waals surface area contributed by atoms with Crippen LogP contribution in [0, 0.1) is 6.92 Å². The zero-order valence-electron chi connectivity index (χ0n) is 16.1. The van der Waals surface area contributed by atoms with Crippen molar-refractivity contribution in [1.29, 1.82) is 0 Å². The molecule has 0 aliphatic carbocycles. The topological polar surface area (TPSA) is 69.7 Å². The molecular weight excluding hydrogens is 356 g/mol. The van der Waals surface area contributed by atoms with Gasteiger partial charge in [-0.2, -0.15) is 0 Å². The molecule has 6 nitrogen and oxygen atoms in total. The van der Waals surface area contributed by atoms with Gasteiger partial charge < -0.3 is 19.5 Å². The molecule has 1 amide bonds. The average Bonchev–Trinajstić information content (AvgIpc) is 2.73. The molecule has 0 atom stereocenters. The molecule has 144 valence electrons. The second-order valence-electron chi connectivity index (χ2n) is 6.11. The molecule has 0 bridgehead atoms. The number of benzene rings is 2. The maximum Gasteiger partial charge on any atom is 0.257 e. The maximum atomic E-state index is 12.7. The summed E-state index contributed by atoms with van der Waals surface area (Å²) < 4.78 is 16.8. The normalized spacial score (nSPS) is 10.2. The van der Waals surface area contributed by atoms with E-state index in [2.05, 4.69) is 10.3 Å². The fourth-order valence-electron chi connectivity index (χ4n) is 2.68. The van der Waals surface area contributed by atoms with Crippen LogP contribution in [0.15, 0.2) is 60.8 Å². The van der Waals surface area contributed by atoms with Crippen molar-refractivity contribution in [2.45, 2.75) is 13.5 Å². The Balaban J connectivity index is 1.85. The van der Waals surface area contributed by atoms with Crippen LogP contribution in [0.25, 0.3) is 0 Å². The van der Waals surface area contributed by atoms with Gasteiger partial charge in [-0.25, -0.2) is 4.98 Å². The molecule has 0 saturated carbocycles. The summed E-state index contributed by atoms with van der Waals surface area (Å²) in [5.74, 6) is 1.47. The van der Waals surface area contributed by atoms with Crippen LogP contribution in [0.1, 0.15) is 21.5 Å². The molecule has 1 aromatic heterocycles. The predicted molar refractivity (Wildman–Crippen MR) is 107 cm³/mol. The number of hydrogen-bond donors (Lipinski definition) is 1. The quantitative estimate of drug-likeness (QED) is 0.666. The number of pyridine rings is 1. The summed E-state index contributed by atoms with van der Waals surface area (Å²) in [6, 6.07) is 16.7. The van der Waals surface area contributed by atoms with Gasteiger partial charge in [-0.1, -0.05) is 36.4 Å². The fraction of sp³-hybridized carbons (Fsp3) is 0.182. The average molecular weight is 378 g/mol. The summed E-state index contributed by atoms with van der Waals surface area (Å²) in [7, 11) is 3.05. The standard InChI is InChI=1S/C22H22N2O4/c1-15-8-7-11-23-21(15)24-22(25)17-12-18(26-2)20(19(13-17)27-3)28-14-16-9-5-4-6-10-16/h4-13H,14H2,1-3H3,(H,23,24,25). The third-order valence-corrected chi connectivity index (χ3v) is 4.19. The van der Waals surface area contributed by atoms with E-state index in [0.29, 0.717) is 35.2 Å². The Labute approximate surface area is 164 Å². The third-order valence-electron chi connectivity index (χ3n) is 4.19. The molecule has 0 radical (unpaired) electrons. The van der Waals surface area contributed by atoms with E-state index in [0.717, 1.165) is 11.1 Å². The van der Waals surface area contributed by atoms with Crippen molar-refractivity contribution in [3.63, 3.8) is 0 Å². The van der Waals surface area contributed by atoms with Crippen LogP contribution >= 0.6 is 0 Å². The number of rotatable bonds is 7. The Kier molecular flexibility index (Phi) is 6.11. The zero-order valence-corrected chi connectivity index (χ0v) is 16.1. The van der Waals surface area contributed by atoms with E-state index >= 15 is 0 Å². The molecule has 0 unspecified atom stereocenters. The number of nitrogens with one attached hydrogen (secondary N) is 1. The van der Waals surface area contributed by atoms with Gasteiger partial charge in [0.05, 0.1) is 14.2 Å². The Morgan fingerprint density at radius 1 is 1.00 bits per heavy atom. The second-order valence-corrected chi connectivity index (χ2v) is 6.11. The van der Waals surface area contributed by atoms with Gasteiger partial charge in [0.25, 0.3) is 5.91 Å². The molecule has 6 heteroatoms. The third kappa shape index (κ3) is 4.40. The first-order valence-electron chi connectivity index (χ1n) is 8.78. The van der Waals surface area contributed by atoms with Crippen LogP contribution in [-0.4, -0.2) is 25.1 Å². The predicted octanol–water partition coefficient (Wildman–Crippen LogP) is 4.24. The number of aryl methyl sites for hydroxylation is 1. The van der Waals surface area contributed by atoms with Gasteiger partial charge in [0, 0.05) is 11.8 Å². The number of carbonyl (C=O) groups excluding carboxylic acids is 1. The zero-order chi connectivity index (χ0) is 19.9. The lowest BCUT2D eigenvalue weighted by atomic mass is 10.1. The maximum absolute atomic E-state index is 12.7. The molecule has 3 rings (SSSR count). The minimum absolute atomic E-state index is 0.312. The lowest BCUT2D eigenvalue weighted by molar-refractivity contribution is 0.102. The SMILES string of the molecule is COc1cc(C(=O)Nc2ncccc2C)cc(OC)c1OCc1ccccc1. The Morgan fingerprint density at radius 3 is 2.29 bits per heavy atom. The molecule has 2 aromatic carbocycles. The van der Waals surface area contributed by atoms with Crippen molar-refractivity contribution < 1.29 is 19.0 Å². The highest BCUT2D eigenvalue weighted by atomic mass is 16.5. The summed E-state index contributed by atoms with van der Waals surface area (Å²) in [5.41, 5.74) is 2.27. The van der Waals surface area contributed by atoms with E-state index < -0.39 is 0 Å². The van der Waals surface area contributed by atoms with E-state index in [4.69, 9.17) is 14.2 Å². The number of anilines is 1. The van der Waals surface area contributed by atoms with E-state index in [1.54, 1.807) is 18.3 Å². The van der Waals surface area contributed by atoms with Gasteiger partial charge in [0.2, 0.25) is 5.75 Å².